The second-order valence-corrected chi connectivity index (χ2v) is 12.5. The molecule has 0 bridgehead atoms. The minimum Gasteiger partial charge on any atom is -0.496 e. The molecule has 1 unspecified atom stereocenters. The first-order chi connectivity index (χ1) is 21.8. The van der Waals surface area contributed by atoms with E-state index >= 15 is 0 Å². The zero-order valence-electron chi connectivity index (χ0n) is 26.1. The lowest BCUT2D eigenvalue weighted by Crippen LogP contribution is -2.50. The molecule has 2 amide bonds. The molecule has 2 fully saturated rings. The highest BCUT2D eigenvalue weighted by molar-refractivity contribution is 6.01. The maximum absolute atomic E-state index is 13.2. The number of benzene rings is 2. The molecule has 232 valence electrons. The smallest absolute Gasteiger partial charge is 0.255 e. The first-order valence-electron chi connectivity index (χ1n) is 15.8. The predicted molar refractivity (Wildman–Crippen MR) is 170 cm³/mol. The largest absolute Gasteiger partial charge is 0.496 e. The maximum Gasteiger partial charge on any atom is 0.255 e. The number of fused-ring (bicyclic) bond motifs is 2. The molecular formula is C36H38N4O5. The number of ether oxygens (including phenoxy) is 2. The van der Waals surface area contributed by atoms with Gasteiger partial charge < -0.3 is 24.3 Å². The van der Waals surface area contributed by atoms with Crippen LogP contribution in [-0.2, 0) is 37.8 Å². The number of rotatable bonds is 6. The van der Waals surface area contributed by atoms with Gasteiger partial charge in [-0.1, -0.05) is 17.9 Å². The molecule has 2 saturated heterocycles. The number of methoxy groups -OCH3 is 2. The van der Waals surface area contributed by atoms with E-state index in [0.717, 1.165) is 89.2 Å². The van der Waals surface area contributed by atoms with Crippen LogP contribution in [0, 0.1) is 17.8 Å². The Morgan fingerprint density at radius 1 is 0.956 bits per heavy atom. The van der Waals surface area contributed by atoms with E-state index in [0.29, 0.717) is 31.6 Å². The summed E-state index contributed by atoms with van der Waals surface area (Å²) in [6, 6.07) is 9.54. The van der Waals surface area contributed by atoms with Gasteiger partial charge in [-0.3, -0.25) is 19.3 Å². The second kappa shape index (κ2) is 11.8. The first kappa shape index (κ1) is 29.2. The zero-order chi connectivity index (χ0) is 31.2. The molecule has 1 N–H and O–H groups in total. The molecule has 9 heteroatoms. The monoisotopic (exact) mass is 606 g/mol. The second-order valence-electron chi connectivity index (χ2n) is 12.5. The van der Waals surface area contributed by atoms with Crippen LogP contribution >= 0.6 is 0 Å². The van der Waals surface area contributed by atoms with Crippen LogP contribution in [0.5, 0.6) is 11.5 Å². The van der Waals surface area contributed by atoms with Crippen LogP contribution < -0.4 is 20.3 Å². The van der Waals surface area contributed by atoms with Gasteiger partial charge in [-0.2, -0.15) is 0 Å². The number of piperidine rings is 1. The van der Waals surface area contributed by atoms with Crippen LogP contribution in [0.4, 0.5) is 0 Å². The molecular weight excluding hydrogens is 568 g/mol. The van der Waals surface area contributed by atoms with E-state index in [2.05, 4.69) is 34.2 Å². The number of amides is 2. The van der Waals surface area contributed by atoms with Crippen LogP contribution in [0.1, 0.15) is 57.4 Å². The van der Waals surface area contributed by atoms with Gasteiger partial charge in [0, 0.05) is 74.1 Å². The molecule has 3 aromatic rings. The van der Waals surface area contributed by atoms with E-state index in [-0.39, 0.29) is 23.3 Å². The van der Waals surface area contributed by atoms with Crippen LogP contribution in [-0.4, -0.2) is 66.1 Å². The Morgan fingerprint density at radius 2 is 1.71 bits per heavy atom. The summed E-state index contributed by atoms with van der Waals surface area (Å²) in [7, 11) is 5.18. The van der Waals surface area contributed by atoms with Gasteiger partial charge in [-0.25, -0.2) is 0 Å². The third-order valence-electron chi connectivity index (χ3n) is 9.70. The molecule has 0 radical (unpaired) electrons. The standard InChI is InChI=1S/C36H38N4O5/c1-38-20-29(26-6-4-7-27(26)35(38)42)25-15-32(44-2)30(33(16-25)45-3)21-39-17-23(18-39)10-9-22-11-12-24-19-40(36(43)28(24)14-22)31-8-5-13-37-34(31)41/h11-12,14-16,20,23,31H,4-8,13,17-19,21H2,1-3H3,(H,37,41). The van der Waals surface area contributed by atoms with Gasteiger partial charge in [0.1, 0.15) is 17.5 Å². The summed E-state index contributed by atoms with van der Waals surface area (Å²) in [5, 5.41) is 2.88. The average Bonchev–Trinajstić information content (AvgIpc) is 3.65. The molecule has 1 aliphatic carbocycles. The summed E-state index contributed by atoms with van der Waals surface area (Å²) in [5.74, 6) is 8.28. The number of nitrogens with one attached hydrogen (secondary N) is 1. The van der Waals surface area contributed by atoms with E-state index < -0.39 is 6.04 Å². The zero-order valence-corrected chi connectivity index (χ0v) is 26.1. The van der Waals surface area contributed by atoms with Gasteiger partial charge in [0.25, 0.3) is 11.5 Å². The van der Waals surface area contributed by atoms with Crippen molar-refractivity contribution < 1.29 is 19.1 Å². The Kier molecular flexibility index (Phi) is 7.62. The highest BCUT2D eigenvalue weighted by Gasteiger charge is 2.37. The SMILES string of the molecule is COc1cc(-c2cn(C)c(=O)c3c2CCC3)cc(OC)c1CN1CC(C#Cc2ccc3c(c2)C(=O)N(C2CCCNC2=O)C3)C1. The molecule has 0 spiro atoms. The Labute approximate surface area is 263 Å². The van der Waals surface area contributed by atoms with Crippen molar-refractivity contribution in [1.82, 2.24) is 19.7 Å². The Hall–Kier alpha value is -4.55. The summed E-state index contributed by atoms with van der Waals surface area (Å²) in [6.07, 6.45) is 6.25. The van der Waals surface area contributed by atoms with Crippen molar-refractivity contribution in [3.05, 3.63) is 80.3 Å². The van der Waals surface area contributed by atoms with Crippen molar-refractivity contribution in [3.63, 3.8) is 0 Å². The van der Waals surface area contributed by atoms with Gasteiger partial charge in [0.05, 0.1) is 19.8 Å². The molecule has 7 rings (SSSR count). The van der Waals surface area contributed by atoms with Crippen molar-refractivity contribution in [2.75, 3.05) is 33.9 Å². The minimum atomic E-state index is -0.392. The van der Waals surface area contributed by atoms with Gasteiger partial charge in [0.2, 0.25) is 5.91 Å². The predicted octanol–water partition coefficient (Wildman–Crippen LogP) is 3.28. The van der Waals surface area contributed by atoms with Crippen molar-refractivity contribution in [2.24, 2.45) is 13.0 Å². The number of pyridine rings is 1. The summed E-state index contributed by atoms with van der Waals surface area (Å²) in [6.45, 7) is 3.47. The first-order valence-corrected chi connectivity index (χ1v) is 15.8. The number of hydrogen-bond acceptors (Lipinski definition) is 6. The molecule has 3 aliphatic heterocycles. The van der Waals surface area contributed by atoms with Crippen molar-refractivity contribution >= 4 is 11.8 Å². The average molecular weight is 607 g/mol. The Bertz CT molecular complexity index is 1800. The molecule has 1 atom stereocenters. The lowest BCUT2D eigenvalue weighted by Gasteiger charge is -2.37. The Balaban J connectivity index is 1.03. The minimum absolute atomic E-state index is 0.0596. The molecule has 1 aromatic heterocycles. The molecule has 9 nitrogen and oxygen atoms in total. The fraction of sp³-hybridized carbons (Fsp3) is 0.417. The summed E-state index contributed by atoms with van der Waals surface area (Å²) in [5.41, 5.74) is 7.63. The molecule has 45 heavy (non-hydrogen) atoms. The van der Waals surface area contributed by atoms with Crippen molar-refractivity contribution in [1.29, 1.82) is 0 Å². The molecule has 0 saturated carbocycles. The van der Waals surface area contributed by atoms with Crippen molar-refractivity contribution in [2.45, 2.75) is 51.2 Å². The van der Waals surface area contributed by atoms with Gasteiger partial charge in [-0.15, -0.1) is 0 Å². The highest BCUT2D eigenvalue weighted by Crippen LogP contribution is 2.39. The third-order valence-corrected chi connectivity index (χ3v) is 9.70. The van der Waals surface area contributed by atoms with Crippen molar-refractivity contribution in [3.8, 4) is 34.5 Å². The molecule has 2 aromatic carbocycles. The summed E-state index contributed by atoms with van der Waals surface area (Å²) < 4.78 is 13.4. The fourth-order valence-corrected chi connectivity index (χ4v) is 7.27. The fourth-order valence-electron chi connectivity index (χ4n) is 7.27. The summed E-state index contributed by atoms with van der Waals surface area (Å²) >= 11 is 0. The number of carbonyl (C=O) groups excluding carboxylic acids is 2. The lowest BCUT2D eigenvalue weighted by molar-refractivity contribution is -0.127. The van der Waals surface area contributed by atoms with Crippen LogP contribution in [0.15, 0.2) is 41.3 Å². The number of nitrogens with zero attached hydrogens (tertiary/aromatic N) is 3. The van der Waals surface area contributed by atoms with E-state index in [4.69, 9.17) is 9.47 Å². The molecule has 4 aliphatic rings. The van der Waals surface area contributed by atoms with Crippen LogP contribution in [0.3, 0.4) is 0 Å². The third kappa shape index (κ3) is 5.27. The van der Waals surface area contributed by atoms with E-state index in [1.54, 1.807) is 23.7 Å². The Morgan fingerprint density at radius 3 is 2.44 bits per heavy atom. The maximum atomic E-state index is 13.2. The molecule has 4 heterocycles. The van der Waals surface area contributed by atoms with E-state index in [9.17, 15) is 14.4 Å². The van der Waals surface area contributed by atoms with Gasteiger partial charge in [0.15, 0.2) is 0 Å². The topological polar surface area (TPSA) is 93.1 Å². The van der Waals surface area contributed by atoms with Gasteiger partial charge in [-0.05, 0) is 73.1 Å². The van der Waals surface area contributed by atoms with E-state index in [1.165, 1.54) is 0 Å². The number of aryl methyl sites for hydroxylation is 1. The normalized spacial score (nSPS) is 19.4. The van der Waals surface area contributed by atoms with Crippen LogP contribution in [0.2, 0.25) is 0 Å². The number of carbonyl (C=O) groups is 2. The lowest BCUT2D eigenvalue weighted by atomic mass is 9.95. The van der Waals surface area contributed by atoms with E-state index in [1.807, 2.05) is 31.4 Å². The van der Waals surface area contributed by atoms with Gasteiger partial charge >= 0.3 is 0 Å². The number of likely N-dealkylation sites (tertiary alicyclic amines) is 1. The summed E-state index contributed by atoms with van der Waals surface area (Å²) in [4.78, 5) is 42.2. The van der Waals surface area contributed by atoms with Crippen LogP contribution in [0.25, 0.3) is 11.1 Å². The highest BCUT2D eigenvalue weighted by atomic mass is 16.5. The number of aromatic nitrogens is 1. The quantitative estimate of drug-likeness (QED) is 0.433. The number of hydrogen-bond donors (Lipinski definition) is 1.